The predicted octanol–water partition coefficient (Wildman–Crippen LogP) is 1.95. The van der Waals surface area contributed by atoms with Gasteiger partial charge in [-0.3, -0.25) is 0 Å². The first-order valence-corrected chi connectivity index (χ1v) is 17.7. The Kier molecular flexibility index (Phi) is 4.83. The van der Waals surface area contributed by atoms with E-state index >= 15 is 0 Å². The fourth-order valence-corrected chi connectivity index (χ4v) is 26.7. The molecule has 1 aliphatic rings. The molecule has 0 saturated carbocycles. The van der Waals surface area contributed by atoms with Crippen LogP contribution in [0.25, 0.3) is 0 Å². The fourth-order valence-electron chi connectivity index (χ4n) is 3.03. The summed E-state index contributed by atoms with van der Waals surface area (Å²) in [4.78, 5) is 0. The lowest BCUT2D eigenvalue weighted by molar-refractivity contribution is 0.498. The minimum atomic E-state index is -1.54. The zero-order chi connectivity index (χ0) is 15.4. The summed E-state index contributed by atoms with van der Waals surface area (Å²) in [7, 11) is 4.34. The van der Waals surface area contributed by atoms with Gasteiger partial charge in [0.05, 0.1) is 0 Å². The lowest BCUT2D eigenvalue weighted by Gasteiger charge is -2.61. The lowest BCUT2D eigenvalue weighted by atomic mass is 11.5. The van der Waals surface area contributed by atoms with E-state index in [1.54, 1.807) is 0 Å². The maximum atomic E-state index is 2.80. The molecule has 19 heavy (non-hydrogen) atoms. The second-order valence-corrected chi connectivity index (χ2v) is 24.5. The van der Waals surface area contributed by atoms with Gasteiger partial charge in [-0.15, -0.1) is 0 Å². The van der Waals surface area contributed by atoms with Gasteiger partial charge in [0.25, 0.3) is 0 Å². The first-order chi connectivity index (χ1) is 8.29. The van der Waals surface area contributed by atoms with Crippen molar-refractivity contribution in [1.29, 1.82) is 0 Å². The molecule has 1 aliphatic heterocycles. The van der Waals surface area contributed by atoms with E-state index < -0.39 is 34.3 Å². The molecule has 1 fully saturated rings. The number of hydrogen-bond donors (Lipinski definition) is 0. The molecule has 8 heteroatoms. The predicted molar refractivity (Wildman–Crippen MR) is 95.1 cm³/mol. The molecule has 0 spiro atoms. The van der Waals surface area contributed by atoms with Crippen molar-refractivity contribution in [1.82, 2.24) is 16.9 Å². The standard InChI is InChI=1S/C11H33N4Si4/c1-12-16(5)13(2)18(8,9)15(4)19(10,11)14(3)17(12,6)7/h1-11H3. The highest BCUT2D eigenvalue weighted by Crippen LogP contribution is 2.31. The highest BCUT2D eigenvalue weighted by Gasteiger charge is 2.54. The van der Waals surface area contributed by atoms with E-state index in [1.807, 2.05) is 0 Å². The van der Waals surface area contributed by atoms with Crippen molar-refractivity contribution in [3.8, 4) is 0 Å². The molecule has 0 aromatic heterocycles. The third-order valence-electron chi connectivity index (χ3n) is 5.90. The van der Waals surface area contributed by atoms with Crippen molar-refractivity contribution < 1.29 is 0 Å². The topological polar surface area (TPSA) is 13.0 Å². The molecule has 1 rings (SSSR count). The summed E-state index contributed by atoms with van der Waals surface area (Å²) in [6.07, 6.45) is 0. The van der Waals surface area contributed by atoms with Crippen molar-refractivity contribution in [2.75, 3.05) is 28.2 Å². The van der Waals surface area contributed by atoms with Gasteiger partial charge in [-0.1, -0.05) is 0 Å². The number of hydrogen-bond acceptors (Lipinski definition) is 4. The fraction of sp³-hybridized carbons (Fsp3) is 1.00. The molecule has 0 bridgehead atoms. The third kappa shape index (κ3) is 2.61. The maximum absolute atomic E-state index is 2.80. The van der Waals surface area contributed by atoms with Gasteiger partial charge < -0.3 is 16.9 Å². The summed E-state index contributed by atoms with van der Waals surface area (Å²) in [5.41, 5.74) is 0. The Labute approximate surface area is 125 Å². The van der Waals surface area contributed by atoms with Crippen molar-refractivity contribution >= 4 is 34.3 Å². The Bertz CT molecular complexity index is 318. The average molecular weight is 334 g/mol. The van der Waals surface area contributed by atoms with Crippen LogP contribution in [0.1, 0.15) is 0 Å². The Hall–Kier alpha value is 0.708. The van der Waals surface area contributed by atoms with Gasteiger partial charge in [0, 0.05) is 0 Å². The van der Waals surface area contributed by atoms with E-state index in [-0.39, 0.29) is 0 Å². The Morgan fingerprint density at radius 1 is 0.579 bits per heavy atom. The van der Waals surface area contributed by atoms with Gasteiger partial charge in [-0.05, 0) is 74.0 Å². The second-order valence-electron chi connectivity index (χ2n) is 7.27. The molecule has 0 N–H and O–H groups in total. The monoisotopic (exact) mass is 333 g/mol. The van der Waals surface area contributed by atoms with E-state index in [2.05, 4.69) is 90.9 Å². The van der Waals surface area contributed by atoms with Gasteiger partial charge in [0.15, 0.2) is 25.2 Å². The van der Waals surface area contributed by atoms with Gasteiger partial charge in [0.2, 0.25) is 9.12 Å². The van der Waals surface area contributed by atoms with Crippen LogP contribution < -0.4 is 0 Å². The molecule has 4 nitrogen and oxygen atoms in total. The van der Waals surface area contributed by atoms with Crippen LogP contribution in [-0.2, 0) is 0 Å². The highest BCUT2D eigenvalue weighted by atomic mass is 28.5. The summed E-state index contributed by atoms with van der Waals surface area (Å²) in [6.45, 7) is 17.6. The molecule has 0 atom stereocenters. The molecule has 0 amide bonds. The number of rotatable bonds is 0. The van der Waals surface area contributed by atoms with Gasteiger partial charge in [0.1, 0.15) is 0 Å². The first-order valence-electron chi connectivity index (χ1n) is 7.08. The Morgan fingerprint density at radius 2 is 0.842 bits per heavy atom. The molecule has 0 aromatic carbocycles. The smallest absolute Gasteiger partial charge is 0.213 e. The molecule has 0 aromatic rings. The van der Waals surface area contributed by atoms with Crippen LogP contribution in [0.3, 0.4) is 0 Å². The zero-order valence-corrected chi connectivity index (χ0v) is 18.8. The van der Waals surface area contributed by atoms with Crippen LogP contribution in [0.4, 0.5) is 0 Å². The lowest BCUT2D eigenvalue weighted by Crippen LogP contribution is -2.84. The molecule has 1 radical (unpaired) electrons. The molecular weight excluding hydrogens is 300 g/mol. The summed E-state index contributed by atoms with van der Waals surface area (Å²) in [5.74, 6) is 0. The molecule has 0 unspecified atom stereocenters. The first kappa shape index (κ1) is 17.8. The molecular formula is C11H33N4Si4. The Balaban J connectivity index is 3.40. The van der Waals surface area contributed by atoms with E-state index in [0.717, 1.165) is 0 Å². The molecule has 0 aliphatic carbocycles. The third-order valence-corrected chi connectivity index (χ3v) is 29.5. The van der Waals surface area contributed by atoms with E-state index in [0.29, 0.717) is 0 Å². The minimum absolute atomic E-state index is 0.606. The molecule has 113 valence electrons. The van der Waals surface area contributed by atoms with Crippen molar-refractivity contribution in [2.45, 2.75) is 45.8 Å². The van der Waals surface area contributed by atoms with Crippen LogP contribution in [0.15, 0.2) is 0 Å². The SMILES string of the molecule is CN1[Si](C)N(C)[Si](C)(C)N(C)[Si](C)(C)N(C)[Si]1(C)C. The summed E-state index contributed by atoms with van der Waals surface area (Å²) < 4.78 is 11.1. The largest absolute Gasteiger partial charge is 0.325 e. The van der Waals surface area contributed by atoms with E-state index in [9.17, 15) is 0 Å². The highest BCUT2D eigenvalue weighted by molar-refractivity contribution is 7.00. The van der Waals surface area contributed by atoms with E-state index in [4.69, 9.17) is 0 Å². The van der Waals surface area contributed by atoms with Crippen LogP contribution in [-0.4, -0.2) is 79.4 Å². The molecule has 1 heterocycles. The summed E-state index contributed by atoms with van der Waals surface area (Å²) >= 11 is 0. The summed E-state index contributed by atoms with van der Waals surface area (Å²) in [6, 6.07) is 0. The van der Waals surface area contributed by atoms with Crippen molar-refractivity contribution in [3.63, 3.8) is 0 Å². The Morgan fingerprint density at radius 3 is 1.11 bits per heavy atom. The normalized spacial score (nSPS) is 31.1. The van der Waals surface area contributed by atoms with Crippen LogP contribution in [0, 0.1) is 0 Å². The van der Waals surface area contributed by atoms with Crippen LogP contribution in [0.2, 0.25) is 45.8 Å². The van der Waals surface area contributed by atoms with Gasteiger partial charge >= 0.3 is 0 Å². The molecule has 1 saturated heterocycles. The van der Waals surface area contributed by atoms with Gasteiger partial charge in [-0.2, -0.15) is 0 Å². The number of nitrogens with zero attached hydrogens (tertiary/aromatic N) is 4. The average Bonchev–Trinajstić information content (AvgIpc) is 2.32. The second kappa shape index (κ2) is 5.16. The van der Waals surface area contributed by atoms with E-state index in [1.165, 1.54) is 0 Å². The minimum Gasteiger partial charge on any atom is -0.325 e. The van der Waals surface area contributed by atoms with Crippen LogP contribution in [0.5, 0.6) is 0 Å². The van der Waals surface area contributed by atoms with Gasteiger partial charge in [-0.25, -0.2) is 0 Å². The maximum Gasteiger partial charge on any atom is 0.213 e. The van der Waals surface area contributed by atoms with Crippen molar-refractivity contribution in [2.24, 2.45) is 0 Å². The van der Waals surface area contributed by atoms with Crippen LogP contribution >= 0.6 is 0 Å². The quantitative estimate of drug-likeness (QED) is 0.628. The van der Waals surface area contributed by atoms with Crippen molar-refractivity contribution in [3.05, 3.63) is 0 Å². The summed E-state index contributed by atoms with van der Waals surface area (Å²) in [5, 5.41) is 0. The zero-order valence-electron chi connectivity index (χ0n) is 14.8.